The smallest absolute Gasteiger partial charge is 0.228 e. The molecule has 0 amide bonds. The maximum absolute atomic E-state index is 6.60. The number of benzene rings is 2. The number of aromatic nitrogens is 4. The number of hydrogen-bond donors (Lipinski definition) is 1. The van der Waals surface area contributed by atoms with Crippen LogP contribution in [0.5, 0.6) is 0 Å². The molecule has 1 saturated heterocycles. The Morgan fingerprint density at radius 3 is 2.21 bits per heavy atom. The van der Waals surface area contributed by atoms with Crippen LogP contribution < -0.4 is 10.6 Å². The molecule has 0 radical (unpaired) electrons. The summed E-state index contributed by atoms with van der Waals surface area (Å²) in [5, 5.41) is 6.76. The van der Waals surface area contributed by atoms with Gasteiger partial charge >= 0.3 is 0 Å². The lowest BCUT2D eigenvalue weighted by molar-refractivity contribution is 0.144. The molecule has 0 aliphatic carbocycles. The molecule has 0 saturated carbocycles. The lowest BCUT2D eigenvalue weighted by atomic mass is 10.1. The quantitative estimate of drug-likeness (QED) is 0.428. The number of rotatable bonds is 6. The largest absolute Gasteiger partial charge is 0.383 e. The lowest BCUT2D eigenvalue weighted by Gasteiger charge is -2.34. The standard InChI is InChI=1S/C24H25Cl2N7O/c1-34-15-14-31-10-12-32(13-11-31)24-28-21(16-2-4-17(25)5-3-16)20-22(27)33(30-23(20)29-24)19-8-6-18(26)7-9-19/h2-9H,10-15,27H2,1H3. The molecule has 4 aromatic rings. The molecule has 34 heavy (non-hydrogen) atoms. The average molecular weight is 498 g/mol. The number of hydrogen-bond acceptors (Lipinski definition) is 7. The van der Waals surface area contributed by atoms with Gasteiger partial charge in [-0.05, 0) is 36.4 Å². The van der Waals surface area contributed by atoms with Gasteiger partial charge in [0.1, 0.15) is 5.82 Å². The van der Waals surface area contributed by atoms with E-state index in [1.54, 1.807) is 11.8 Å². The summed E-state index contributed by atoms with van der Waals surface area (Å²) in [5.74, 6) is 1.11. The van der Waals surface area contributed by atoms with E-state index in [9.17, 15) is 0 Å². The van der Waals surface area contributed by atoms with Crippen LogP contribution in [0.15, 0.2) is 48.5 Å². The third-order valence-electron chi connectivity index (χ3n) is 6.01. The van der Waals surface area contributed by atoms with Gasteiger partial charge in [0, 0.05) is 55.4 Å². The highest BCUT2D eigenvalue weighted by Gasteiger charge is 2.24. The monoisotopic (exact) mass is 497 g/mol. The van der Waals surface area contributed by atoms with Gasteiger partial charge < -0.3 is 15.4 Å². The van der Waals surface area contributed by atoms with Gasteiger partial charge in [0.05, 0.1) is 23.4 Å². The molecule has 2 aromatic carbocycles. The van der Waals surface area contributed by atoms with Gasteiger partial charge in [0.2, 0.25) is 5.95 Å². The lowest BCUT2D eigenvalue weighted by Crippen LogP contribution is -2.47. The molecule has 2 aromatic heterocycles. The fourth-order valence-electron chi connectivity index (χ4n) is 4.13. The molecule has 176 valence electrons. The average Bonchev–Trinajstić information content (AvgIpc) is 3.20. The van der Waals surface area contributed by atoms with Crippen LogP contribution in [0.4, 0.5) is 11.8 Å². The highest BCUT2D eigenvalue weighted by molar-refractivity contribution is 6.30. The van der Waals surface area contributed by atoms with Crippen LogP contribution >= 0.6 is 23.2 Å². The molecule has 0 unspecified atom stereocenters. The van der Waals surface area contributed by atoms with Crippen LogP contribution in [0.2, 0.25) is 10.0 Å². The number of methoxy groups -OCH3 is 1. The predicted octanol–water partition coefficient (Wildman–Crippen LogP) is 4.14. The Kier molecular flexibility index (Phi) is 6.56. The van der Waals surface area contributed by atoms with E-state index in [1.807, 2.05) is 48.5 Å². The second-order valence-electron chi connectivity index (χ2n) is 8.17. The van der Waals surface area contributed by atoms with Gasteiger partial charge in [0.25, 0.3) is 0 Å². The van der Waals surface area contributed by atoms with Crippen molar-refractivity contribution < 1.29 is 4.74 Å². The van der Waals surface area contributed by atoms with Crippen molar-refractivity contribution in [3.05, 3.63) is 58.6 Å². The number of nitrogens with zero attached hydrogens (tertiary/aromatic N) is 6. The van der Waals surface area contributed by atoms with Gasteiger partial charge in [-0.15, -0.1) is 5.10 Å². The van der Waals surface area contributed by atoms with Crippen LogP contribution in [0.3, 0.4) is 0 Å². The minimum atomic E-state index is 0.471. The Balaban J connectivity index is 1.58. The second kappa shape index (κ2) is 9.76. The highest BCUT2D eigenvalue weighted by Crippen LogP contribution is 2.34. The third-order valence-corrected chi connectivity index (χ3v) is 6.52. The van der Waals surface area contributed by atoms with Crippen LogP contribution in [0.1, 0.15) is 0 Å². The van der Waals surface area contributed by atoms with Gasteiger partial charge in [-0.1, -0.05) is 35.3 Å². The van der Waals surface area contributed by atoms with Crippen LogP contribution in [0.25, 0.3) is 28.0 Å². The van der Waals surface area contributed by atoms with E-state index in [1.165, 1.54) is 0 Å². The SMILES string of the molecule is COCCN1CCN(c2nc(-c3ccc(Cl)cc3)c3c(N)n(-c4ccc(Cl)cc4)nc3n2)CC1. The van der Waals surface area contributed by atoms with Crippen molar-refractivity contribution in [1.82, 2.24) is 24.6 Å². The summed E-state index contributed by atoms with van der Waals surface area (Å²) in [6.45, 7) is 5.13. The predicted molar refractivity (Wildman–Crippen MR) is 137 cm³/mol. The van der Waals surface area contributed by atoms with Crippen molar-refractivity contribution in [1.29, 1.82) is 0 Å². The van der Waals surface area contributed by atoms with Crippen molar-refractivity contribution in [2.75, 3.05) is 57.1 Å². The van der Waals surface area contributed by atoms with Crippen LogP contribution in [0, 0.1) is 0 Å². The molecular formula is C24H25Cl2N7O. The Morgan fingerprint density at radius 1 is 0.912 bits per heavy atom. The van der Waals surface area contributed by atoms with Gasteiger partial charge in [0.15, 0.2) is 5.65 Å². The summed E-state index contributed by atoms with van der Waals surface area (Å²) < 4.78 is 6.90. The molecule has 1 aliphatic heterocycles. The summed E-state index contributed by atoms with van der Waals surface area (Å²) in [6, 6.07) is 14.9. The zero-order valence-corrected chi connectivity index (χ0v) is 20.3. The first-order valence-electron chi connectivity index (χ1n) is 11.1. The molecule has 5 rings (SSSR count). The minimum absolute atomic E-state index is 0.471. The first-order valence-corrected chi connectivity index (χ1v) is 11.8. The summed E-state index contributed by atoms with van der Waals surface area (Å²) in [4.78, 5) is 14.4. The van der Waals surface area contributed by atoms with E-state index < -0.39 is 0 Å². The molecule has 10 heteroatoms. The van der Waals surface area contributed by atoms with Gasteiger partial charge in [-0.3, -0.25) is 4.90 Å². The first-order chi connectivity index (χ1) is 16.5. The van der Waals surface area contributed by atoms with Gasteiger partial charge in [-0.2, -0.15) is 4.98 Å². The van der Waals surface area contributed by atoms with Crippen LogP contribution in [-0.4, -0.2) is 71.1 Å². The van der Waals surface area contributed by atoms with Crippen molar-refractivity contribution in [3.63, 3.8) is 0 Å². The van der Waals surface area contributed by atoms with Crippen molar-refractivity contribution in [2.45, 2.75) is 0 Å². The molecule has 0 atom stereocenters. The molecule has 3 heterocycles. The zero-order valence-electron chi connectivity index (χ0n) is 18.8. The molecule has 2 N–H and O–H groups in total. The summed E-state index contributed by atoms with van der Waals surface area (Å²) in [6.07, 6.45) is 0. The maximum atomic E-state index is 6.60. The van der Waals surface area contributed by atoms with E-state index in [0.29, 0.717) is 32.8 Å². The fourth-order valence-corrected chi connectivity index (χ4v) is 4.38. The number of nitrogens with two attached hydrogens (primary N) is 1. The zero-order chi connectivity index (χ0) is 23.7. The molecule has 1 aliphatic rings. The van der Waals surface area contributed by atoms with Gasteiger partial charge in [-0.25, -0.2) is 9.67 Å². The van der Waals surface area contributed by atoms with E-state index in [-0.39, 0.29) is 0 Å². The Morgan fingerprint density at radius 2 is 1.56 bits per heavy atom. The number of ether oxygens (including phenoxy) is 1. The topological polar surface area (TPSA) is 85.3 Å². The molecular weight excluding hydrogens is 473 g/mol. The normalized spacial score (nSPS) is 14.7. The Bertz CT molecular complexity index is 1280. The molecule has 0 spiro atoms. The minimum Gasteiger partial charge on any atom is -0.383 e. The van der Waals surface area contributed by atoms with E-state index >= 15 is 0 Å². The third kappa shape index (κ3) is 4.54. The van der Waals surface area contributed by atoms with E-state index in [2.05, 4.69) is 9.80 Å². The number of anilines is 2. The van der Waals surface area contributed by atoms with E-state index in [4.69, 9.17) is 48.7 Å². The number of nitrogen functional groups attached to an aromatic ring is 1. The molecule has 8 nitrogen and oxygen atoms in total. The summed E-state index contributed by atoms with van der Waals surface area (Å²) >= 11 is 12.2. The Hall–Kier alpha value is -2.91. The summed E-state index contributed by atoms with van der Waals surface area (Å²) in [7, 11) is 1.73. The fraction of sp³-hybridized carbons (Fsp3) is 0.292. The van der Waals surface area contributed by atoms with Crippen molar-refractivity contribution in [3.8, 4) is 16.9 Å². The number of halogens is 2. The number of fused-ring (bicyclic) bond motifs is 1. The van der Waals surface area contributed by atoms with E-state index in [0.717, 1.165) is 56.3 Å². The first kappa shape index (κ1) is 22.9. The summed E-state index contributed by atoms with van der Waals surface area (Å²) in [5.41, 5.74) is 9.58. The van der Waals surface area contributed by atoms with Crippen molar-refractivity contribution >= 4 is 46.0 Å². The van der Waals surface area contributed by atoms with Crippen molar-refractivity contribution in [2.24, 2.45) is 0 Å². The Labute approximate surface area is 207 Å². The maximum Gasteiger partial charge on any atom is 0.228 e. The van der Waals surface area contributed by atoms with Crippen LogP contribution in [-0.2, 0) is 4.74 Å². The second-order valence-corrected chi connectivity index (χ2v) is 9.05. The number of piperazine rings is 1. The molecule has 0 bridgehead atoms. The highest BCUT2D eigenvalue weighted by atomic mass is 35.5. The molecule has 1 fully saturated rings.